The molecule has 0 radical (unpaired) electrons. The predicted octanol–water partition coefficient (Wildman–Crippen LogP) is 1.74. The van der Waals surface area contributed by atoms with Gasteiger partial charge in [0.2, 0.25) is 0 Å². The lowest BCUT2D eigenvalue weighted by molar-refractivity contribution is 0.0927. The molecule has 1 amide bonds. The Bertz CT molecular complexity index is 631. The van der Waals surface area contributed by atoms with Crippen LogP contribution in [-0.4, -0.2) is 15.7 Å². The molecule has 1 unspecified atom stereocenters. The number of aryl methyl sites for hydroxylation is 1. The van der Waals surface area contributed by atoms with Gasteiger partial charge in [-0.2, -0.15) is 5.10 Å². The quantitative estimate of drug-likeness (QED) is 0.901. The van der Waals surface area contributed by atoms with Crippen molar-refractivity contribution in [2.45, 2.75) is 32.9 Å². The molecular formula is C14H17N3O3. The van der Waals surface area contributed by atoms with Gasteiger partial charge in [-0.15, -0.1) is 0 Å². The lowest BCUT2D eigenvalue weighted by atomic mass is 10.2. The van der Waals surface area contributed by atoms with Crippen LogP contribution < -0.4 is 10.9 Å². The van der Waals surface area contributed by atoms with Gasteiger partial charge in [0.05, 0.1) is 12.3 Å². The molecule has 2 rings (SSSR count). The summed E-state index contributed by atoms with van der Waals surface area (Å²) in [4.78, 5) is 23.6. The molecule has 6 nitrogen and oxygen atoms in total. The summed E-state index contributed by atoms with van der Waals surface area (Å²) in [5.41, 5.74) is 0.0129. The van der Waals surface area contributed by atoms with Crippen LogP contribution in [0.5, 0.6) is 0 Å². The van der Waals surface area contributed by atoms with E-state index in [4.69, 9.17) is 4.42 Å². The van der Waals surface area contributed by atoms with Crippen LogP contribution in [0.1, 0.15) is 42.6 Å². The Morgan fingerprint density at radius 2 is 2.25 bits per heavy atom. The van der Waals surface area contributed by atoms with E-state index in [9.17, 15) is 9.59 Å². The van der Waals surface area contributed by atoms with E-state index in [2.05, 4.69) is 10.4 Å². The second kappa shape index (κ2) is 6.18. The maximum absolute atomic E-state index is 12.1. The van der Waals surface area contributed by atoms with Gasteiger partial charge >= 0.3 is 0 Å². The van der Waals surface area contributed by atoms with Crippen LogP contribution in [0.3, 0.4) is 0 Å². The highest BCUT2D eigenvalue weighted by Crippen LogP contribution is 2.12. The minimum Gasteiger partial charge on any atom is -0.467 e. The van der Waals surface area contributed by atoms with Crippen molar-refractivity contribution in [3.05, 3.63) is 52.3 Å². The van der Waals surface area contributed by atoms with Crippen LogP contribution >= 0.6 is 0 Å². The summed E-state index contributed by atoms with van der Waals surface area (Å²) in [7, 11) is 0. The van der Waals surface area contributed by atoms with E-state index in [-0.39, 0.29) is 23.2 Å². The Balaban J connectivity index is 2.13. The van der Waals surface area contributed by atoms with Gasteiger partial charge < -0.3 is 9.73 Å². The number of carbonyl (C=O) groups excluding carboxylic acids is 1. The number of amides is 1. The van der Waals surface area contributed by atoms with E-state index >= 15 is 0 Å². The predicted molar refractivity (Wildman–Crippen MR) is 73.4 cm³/mol. The van der Waals surface area contributed by atoms with Crippen LogP contribution in [0.15, 0.2) is 39.7 Å². The van der Waals surface area contributed by atoms with Gasteiger partial charge in [-0.3, -0.25) is 9.59 Å². The van der Waals surface area contributed by atoms with Gasteiger partial charge in [-0.25, -0.2) is 4.68 Å². The second-order valence-electron chi connectivity index (χ2n) is 4.49. The van der Waals surface area contributed by atoms with Crippen molar-refractivity contribution in [1.82, 2.24) is 15.1 Å². The molecule has 0 aliphatic heterocycles. The molecule has 0 aliphatic carbocycles. The molecule has 0 bridgehead atoms. The van der Waals surface area contributed by atoms with Crippen molar-refractivity contribution < 1.29 is 9.21 Å². The minimum absolute atomic E-state index is 0.206. The number of rotatable bonds is 5. The number of hydrogen-bond acceptors (Lipinski definition) is 4. The second-order valence-corrected chi connectivity index (χ2v) is 4.49. The van der Waals surface area contributed by atoms with E-state index in [1.165, 1.54) is 16.8 Å². The molecule has 0 aromatic carbocycles. The summed E-state index contributed by atoms with van der Waals surface area (Å²) in [5, 5.41) is 6.83. The summed E-state index contributed by atoms with van der Waals surface area (Å²) in [6.45, 7) is 4.26. The van der Waals surface area contributed by atoms with E-state index < -0.39 is 0 Å². The molecule has 2 aromatic rings. The van der Waals surface area contributed by atoms with Crippen molar-refractivity contribution in [2.75, 3.05) is 0 Å². The lowest BCUT2D eigenvalue weighted by Crippen LogP contribution is -2.31. The molecule has 1 N–H and O–H groups in total. The van der Waals surface area contributed by atoms with Gasteiger partial charge in [-0.05, 0) is 31.5 Å². The Kier molecular flexibility index (Phi) is 4.34. The van der Waals surface area contributed by atoms with E-state index in [1.54, 1.807) is 18.4 Å². The molecule has 2 heterocycles. The molecule has 20 heavy (non-hydrogen) atoms. The van der Waals surface area contributed by atoms with Crippen molar-refractivity contribution in [2.24, 2.45) is 0 Å². The first-order chi connectivity index (χ1) is 9.61. The number of nitrogens with zero attached hydrogens (tertiary/aromatic N) is 2. The van der Waals surface area contributed by atoms with Crippen molar-refractivity contribution >= 4 is 5.91 Å². The molecule has 2 aromatic heterocycles. The molecule has 1 atom stereocenters. The van der Waals surface area contributed by atoms with Crippen LogP contribution in [0.4, 0.5) is 0 Å². The maximum Gasteiger partial charge on any atom is 0.272 e. The minimum atomic E-state index is -0.334. The van der Waals surface area contributed by atoms with Gasteiger partial charge in [-0.1, -0.05) is 6.92 Å². The highest BCUT2D eigenvalue weighted by atomic mass is 16.3. The zero-order valence-electron chi connectivity index (χ0n) is 11.5. The zero-order chi connectivity index (χ0) is 14.5. The zero-order valence-corrected chi connectivity index (χ0v) is 11.5. The number of nitrogens with one attached hydrogen (secondary N) is 1. The fourth-order valence-corrected chi connectivity index (χ4v) is 1.82. The average molecular weight is 275 g/mol. The molecule has 0 saturated heterocycles. The monoisotopic (exact) mass is 275 g/mol. The number of aromatic nitrogens is 2. The van der Waals surface area contributed by atoms with Crippen LogP contribution in [0.2, 0.25) is 0 Å². The van der Waals surface area contributed by atoms with Crippen molar-refractivity contribution in [3.8, 4) is 0 Å². The SMILES string of the molecule is CCCn1nc(C(=O)NC(C)c2ccco2)ccc1=O. The summed E-state index contributed by atoms with van der Waals surface area (Å²) >= 11 is 0. The lowest BCUT2D eigenvalue weighted by Gasteiger charge is -2.11. The van der Waals surface area contributed by atoms with Crippen LogP contribution in [-0.2, 0) is 6.54 Å². The molecule has 0 aliphatic rings. The van der Waals surface area contributed by atoms with Gasteiger partial charge in [0.15, 0.2) is 0 Å². The first kappa shape index (κ1) is 14.0. The fraction of sp³-hybridized carbons (Fsp3) is 0.357. The third-order valence-corrected chi connectivity index (χ3v) is 2.85. The maximum atomic E-state index is 12.1. The van der Waals surface area contributed by atoms with Crippen LogP contribution in [0.25, 0.3) is 0 Å². The van der Waals surface area contributed by atoms with E-state index in [0.29, 0.717) is 12.3 Å². The molecule has 6 heteroatoms. The molecule has 0 saturated carbocycles. The summed E-state index contributed by atoms with van der Waals surface area (Å²) in [6, 6.07) is 6.08. The van der Waals surface area contributed by atoms with Gasteiger partial charge in [0.25, 0.3) is 11.5 Å². The highest BCUT2D eigenvalue weighted by molar-refractivity contribution is 5.92. The van der Waals surface area contributed by atoms with Crippen LogP contribution in [0, 0.1) is 0 Å². The Labute approximate surface area is 116 Å². The number of hydrogen-bond donors (Lipinski definition) is 1. The molecule has 0 spiro atoms. The largest absolute Gasteiger partial charge is 0.467 e. The fourth-order valence-electron chi connectivity index (χ4n) is 1.82. The summed E-state index contributed by atoms with van der Waals surface area (Å²) in [5.74, 6) is 0.332. The van der Waals surface area contributed by atoms with Crippen molar-refractivity contribution in [1.29, 1.82) is 0 Å². The summed E-state index contributed by atoms with van der Waals surface area (Å²) < 4.78 is 6.52. The van der Waals surface area contributed by atoms with Gasteiger partial charge in [0, 0.05) is 12.6 Å². The molecular weight excluding hydrogens is 258 g/mol. The standard InChI is InChI=1S/C14H17N3O3/c1-3-8-17-13(18)7-6-11(16-17)14(19)15-10(2)12-5-4-9-20-12/h4-7,9-10H,3,8H2,1-2H3,(H,15,19). The van der Waals surface area contributed by atoms with Crippen molar-refractivity contribution in [3.63, 3.8) is 0 Å². The van der Waals surface area contributed by atoms with E-state index in [1.807, 2.05) is 13.8 Å². The Hall–Kier alpha value is -2.37. The molecule has 106 valence electrons. The van der Waals surface area contributed by atoms with E-state index in [0.717, 1.165) is 6.42 Å². The normalized spacial score (nSPS) is 12.1. The molecule has 0 fully saturated rings. The van der Waals surface area contributed by atoms with Gasteiger partial charge in [0.1, 0.15) is 11.5 Å². The third-order valence-electron chi connectivity index (χ3n) is 2.85. The number of carbonyl (C=O) groups is 1. The first-order valence-electron chi connectivity index (χ1n) is 6.54. The number of furan rings is 1. The smallest absolute Gasteiger partial charge is 0.272 e. The summed E-state index contributed by atoms with van der Waals surface area (Å²) in [6.07, 6.45) is 2.33. The Morgan fingerprint density at radius 1 is 1.45 bits per heavy atom. The average Bonchev–Trinajstić information content (AvgIpc) is 2.95. The third kappa shape index (κ3) is 3.14. The Morgan fingerprint density at radius 3 is 2.90 bits per heavy atom. The first-order valence-corrected chi connectivity index (χ1v) is 6.54. The topological polar surface area (TPSA) is 77.1 Å². The highest BCUT2D eigenvalue weighted by Gasteiger charge is 2.15.